The highest BCUT2D eigenvalue weighted by atomic mass is 32.2. The average molecular weight is 240 g/mol. The zero-order valence-corrected chi connectivity index (χ0v) is 10.2. The van der Waals surface area contributed by atoms with Crippen molar-refractivity contribution in [3.63, 3.8) is 0 Å². The summed E-state index contributed by atoms with van der Waals surface area (Å²) in [7, 11) is -1.96. The van der Waals surface area contributed by atoms with Crippen molar-refractivity contribution in [2.75, 3.05) is 26.8 Å². The lowest BCUT2D eigenvalue weighted by Crippen LogP contribution is -2.45. The zero-order chi connectivity index (χ0) is 11.9. The number of aliphatic hydroxyl groups is 1. The molecule has 92 valence electrons. The predicted octanol–water partition coefficient (Wildman–Crippen LogP) is -0.782. The van der Waals surface area contributed by atoms with Crippen LogP contribution in [0.4, 0.5) is 0 Å². The second-order valence-electron chi connectivity index (χ2n) is 3.56. The van der Waals surface area contributed by atoms with Gasteiger partial charge in [-0.15, -0.1) is 0 Å². The lowest BCUT2D eigenvalue weighted by Gasteiger charge is -2.23. The van der Waals surface area contributed by atoms with Crippen LogP contribution < -0.4 is 9.44 Å². The molecule has 0 amide bonds. The molecule has 0 aromatic heterocycles. The molecule has 3 N–H and O–H groups in total. The van der Waals surface area contributed by atoms with Crippen LogP contribution in [0, 0.1) is 0 Å². The second-order valence-corrected chi connectivity index (χ2v) is 5.15. The number of methoxy groups -OCH3 is 1. The maximum atomic E-state index is 11.2. The zero-order valence-electron chi connectivity index (χ0n) is 9.41. The van der Waals surface area contributed by atoms with Crippen molar-refractivity contribution in [2.45, 2.75) is 25.9 Å². The molecular formula is C8H20N2O4S. The minimum absolute atomic E-state index is 0.0360. The fraction of sp³-hybridized carbons (Fsp3) is 1.00. The lowest BCUT2D eigenvalue weighted by molar-refractivity contribution is 0.0291. The van der Waals surface area contributed by atoms with Gasteiger partial charge in [-0.3, -0.25) is 0 Å². The van der Waals surface area contributed by atoms with E-state index in [4.69, 9.17) is 4.74 Å². The van der Waals surface area contributed by atoms with E-state index in [0.717, 1.165) is 0 Å². The minimum atomic E-state index is -3.49. The van der Waals surface area contributed by atoms with Gasteiger partial charge in [-0.25, -0.2) is 4.72 Å². The molecule has 1 atom stereocenters. The molecule has 0 radical (unpaired) electrons. The molecule has 1 unspecified atom stereocenters. The van der Waals surface area contributed by atoms with Gasteiger partial charge in [-0.1, -0.05) is 6.92 Å². The molecule has 0 aromatic carbocycles. The minimum Gasteiger partial charge on any atom is -0.389 e. The molecule has 0 saturated heterocycles. The molecule has 0 bridgehead atoms. The van der Waals surface area contributed by atoms with Gasteiger partial charge in [-0.2, -0.15) is 13.1 Å². The summed E-state index contributed by atoms with van der Waals surface area (Å²) in [4.78, 5) is 0. The van der Waals surface area contributed by atoms with Crippen molar-refractivity contribution in [3.05, 3.63) is 0 Å². The highest BCUT2D eigenvalue weighted by Crippen LogP contribution is 2.07. The molecule has 0 saturated carbocycles. The Morgan fingerprint density at radius 1 is 1.40 bits per heavy atom. The fourth-order valence-electron chi connectivity index (χ4n) is 0.902. The van der Waals surface area contributed by atoms with Crippen LogP contribution in [-0.4, -0.2) is 45.9 Å². The third kappa shape index (κ3) is 7.69. The van der Waals surface area contributed by atoms with E-state index in [1.54, 1.807) is 13.8 Å². The SMILES string of the molecule is CCNS(=O)(=O)NCC(C)(O)CCOC. The van der Waals surface area contributed by atoms with Gasteiger partial charge in [0.15, 0.2) is 0 Å². The Kier molecular flexibility index (Phi) is 6.30. The first-order valence-corrected chi connectivity index (χ1v) is 6.27. The summed E-state index contributed by atoms with van der Waals surface area (Å²) in [5, 5.41) is 9.74. The van der Waals surface area contributed by atoms with Crippen LogP contribution >= 0.6 is 0 Å². The summed E-state index contributed by atoms with van der Waals surface area (Å²) < 4.78 is 31.7. The molecule has 0 fully saturated rings. The third-order valence-electron chi connectivity index (χ3n) is 1.82. The Morgan fingerprint density at radius 3 is 2.47 bits per heavy atom. The normalized spacial score (nSPS) is 16.3. The van der Waals surface area contributed by atoms with E-state index in [9.17, 15) is 13.5 Å². The highest BCUT2D eigenvalue weighted by molar-refractivity contribution is 7.87. The van der Waals surface area contributed by atoms with E-state index in [2.05, 4.69) is 9.44 Å². The standard InChI is InChI=1S/C8H20N2O4S/c1-4-9-15(12,13)10-7-8(2,11)5-6-14-3/h9-11H,4-7H2,1-3H3. The fourth-order valence-corrected chi connectivity index (χ4v) is 1.88. The average Bonchev–Trinajstić information content (AvgIpc) is 2.12. The quantitative estimate of drug-likeness (QED) is 0.519. The van der Waals surface area contributed by atoms with Crippen molar-refractivity contribution in [1.29, 1.82) is 0 Å². The van der Waals surface area contributed by atoms with Crippen LogP contribution in [0.5, 0.6) is 0 Å². The third-order valence-corrected chi connectivity index (χ3v) is 3.02. The van der Waals surface area contributed by atoms with Gasteiger partial charge in [0.1, 0.15) is 0 Å². The van der Waals surface area contributed by atoms with E-state index < -0.39 is 15.8 Å². The lowest BCUT2D eigenvalue weighted by atomic mass is 10.0. The van der Waals surface area contributed by atoms with Crippen LogP contribution in [0.2, 0.25) is 0 Å². The van der Waals surface area contributed by atoms with Gasteiger partial charge in [0.2, 0.25) is 0 Å². The number of hydrogen-bond acceptors (Lipinski definition) is 4. The van der Waals surface area contributed by atoms with Crippen molar-refractivity contribution in [3.8, 4) is 0 Å². The van der Waals surface area contributed by atoms with E-state index >= 15 is 0 Å². The summed E-state index contributed by atoms with van der Waals surface area (Å²) in [5.41, 5.74) is -1.10. The summed E-state index contributed by atoms with van der Waals surface area (Å²) in [6.45, 7) is 3.90. The van der Waals surface area contributed by atoms with Crippen molar-refractivity contribution in [1.82, 2.24) is 9.44 Å². The molecule has 15 heavy (non-hydrogen) atoms. The Morgan fingerprint density at radius 2 is 2.00 bits per heavy atom. The van der Waals surface area contributed by atoms with Crippen molar-refractivity contribution < 1.29 is 18.3 Å². The number of hydrogen-bond donors (Lipinski definition) is 3. The molecule has 6 nitrogen and oxygen atoms in total. The van der Waals surface area contributed by atoms with Crippen molar-refractivity contribution >= 4 is 10.2 Å². The van der Waals surface area contributed by atoms with Crippen LogP contribution in [0.3, 0.4) is 0 Å². The smallest absolute Gasteiger partial charge is 0.276 e. The number of ether oxygens (including phenoxy) is 1. The topological polar surface area (TPSA) is 87.7 Å². The Hall–Kier alpha value is -0.210. The summed E-state index contributed by atoms with van der Waals surface area (Å²) in [5.74, 6) is 0. The molecule has 0 aliphatic rings. The molecule has 0 aliphatic carbocycles. The molecule has 0 aromatic rings. The molecule has 0 rings (SSSR count). The Bertz CT molecular complexity index is 264. The Labute approximate surface area is 91.2 Å². The molecule has 7 heteroatoms. The first-order chi connectivity index (χ1) is 6.83. The highest BCUT2D eigenvalue weighted by Gasteiger charge is 2.22. The maximum Gasteiger partial charge on any atom is 0.276 e. The van der Waals surface area contributed by atoms with Gasteiger partial charge in [-0.05, 0) is 6.92 Å². The predicted molar refractivity (Wildman–Crippen MR) is 57.7 cm³/mol. The second kappa shape index (κ2) is 6.39. The van der Waals surface area contributed by atoms with E-state index in [1.807, 2.05) is 0 Å². The van der Waals surface area contributed by atoms with E-state index in [1.165, 1.54) is 7.11 Å². The van der Waals surface area contributed by atoms with Crippen LogP contribution in [-0.2, 0) is 14.9 Å². The van der Waals surface area contributed by atoms with Gasteiger partial charge in [0.25, 0.3) is 10.2 Å². The molecule has 0 aliphatic heterocycles. The maximum absolute atomic E-state index is 11.2. The van der Waals surface area contributed by atoms with Gasteiger partial charge in [0.05, 0.1) is 5.60 Å². The van der Waals surface area contributed by atoms with Crippen molar-refractivity contribution in [2.24, 2.45) is 0 Å². The van der Waals surface area contributed by atoms with Gasteiger partial charge < -0.3 is 9.84 Å². The van der Waals surface area contributed by atoms with Gasteiger partial charge >= 0.3 is 0 Å². The summed E-state index contributed by atoms with van der Waals surface area (Å²) in [6.07, 6.45) is 0.373. The largest absolute Gasteiger partial charge is 0.389 e. The number of rotatable bonds is 8. The summed E-state index contributed by atoms with van der Waals surface area (Å²) >= 11 is 0. The van der Waals surface area contributed by atoms with Crippen LogP contribution in [0.1, 0.15) is 20.3 Å². The summed E-state index contributed by atoms with van der Waals surface area (Å²) in [6, 6.07) is 0. The van der Waals surface area contributed by atoms with Crippen LogP contribution in [0.15, 0.2) is 0 Å². The molecule has 0 spiro atoms. The number of nitrogens with one attached hydrogen (secondary N) is 2. The van der Waals surface area contributed by atoms with Crippen LogP contribution in [0.25, 0.3) is 0 Å². The van der Waals surface area contributed by atoms with E-state index in [-0.39, 0.29) is 6.54 Å². The first-order valence-electron chi connectivity index (χ1n) is 4.78. The first kappa shape index (κ1) is 14.8. The van der Waals surface area contributed by atoms with Gasteiger partial charge in [0, 0.05) is 33.2 Å². The van der Waals surface area contributed by atoms with E-state index in [0.29, 0.717) is 19.6 Å². The molecular weight excluding hydrogens is 220 g/mol. The molecule has 0 heterocycles. The Balaban J connectivity index is 4.02. The monoisotopic (exact) mass is 240 g/mol.